The second-order valence-corrected chi connectivity index (χ2v) is 7.34. The van der Waals surface area contributed by atoms with E-state index in [9.17, 15) is 4.79 Å². The number of rotatable bonds is 4. The van der Waals surface area contributed by atoms with Crippen molar-refractivity contribution in [3.8, 4) is 0 Å². The highest BCUT2D eigenvalue weighted by Gasteiger charge is 2.23. The Morgan fingerprint density at radius 3 is 2.56 bits per heavy atom. The molecule has 2 amide bonds. The smallest absolute Gasteiger partial charge is 0.321 e. The molecule has 1 aromatic heterocycles. The quantitative estimate of drug-likeness (QED) is 0.892. The third-order valence-corrected chi connectivity index (χ3v) is 4.85. The summed E-state index contributed by atoms with van der Waals surface area (Å²) in [6.45, 7) is 11.2. The van der Waals surface area contributed by atoms with E-state index < -0.39 is 0 Å². The Kier molecular flexibility index (Phi) is 5.94. The van der Waals surface area contributed by atoms with Crippen molar-refractivity contribution in [1.82, 2.24) is 14.9 Å². The zero-order valence-corrected chi connectivity index (χ0v) is 16.7. The predicted molar refractivity (Wildman–Crippen MR) is 109 cm³/mol. The number of aryl methyl sites for hydroxylation is 2. The molecule has 1 N–H and O–H groups in total. The van der Waals surface area contributed by atoms with Gasteiger partial charge >= 0.3 is 6.03 Å². The predicted octanol–water partition coefficient (Wildman–Crippen LogP) is 3.82. The van der Waals surface area contributed by atoms with Crippen molar-refractivity contribution in [2.45, 2.75) is 40.0 Å². The van der Waals surface area contributed by atoms with Gasteiger partial charge in [-0.1, -0.05) is 32.9 Å². The van der Waals surface area contributed by atoms with Crippen LogP contribution in [0.15, 0.2) is 30.3 Å². The van der Waals surface area contributed by atoms with Crippen molar-refractivity contribution in [2.75, 3.05) is 36.4 Å². The van der Waals surface area contributed by atoms with Gasteiger partial charge in [-0.15, -0.1) is 0 Å². The fourth-order valence-electron chi connectivity index (χ4n) is 3.20. The first kappa shape index (κ1) is 19.1. The van der Waals surface area contributed by atoms with Crippen molar-refractivity contribution < 1.29 is 4.79 Å². The van der Waals surface area contributed by atoms with Crippen LogP contribution in [-0.2, 0) is 6.42 Å². The molecule has 1 saturated heterocycles. The van der Waals surface area contributed by atoms with E-state index in [1.165, 1.54) is 5.56 Å². The summed E-state index contributed by atoms with van der Waals surface area (Å²) in [5.41, 5.74) is 3.06. The first-order valence-electron chi connectivity index (χ1n) is 9.71. The van der Waals surface area contributed by atoms with Crippen LogP contribution < -0.4 is 10.2 Å². The van der Waals surface area contributed by atoms with Crippen molar-refractivity contribution in [3.05, 3.63) is 47.4 Å². The van der Waals surface area contributed by atoms with Crippen molar-refractivity contribution in [1.29, 1.82) is 0 Å². The monoisotopic (exact) mass is 367 g/mol. The minimum Gasteiger partial charge on any atom is -0.353 e. The van der Waals surface area contributed by atoms with Gasteiger partial charge in [0.15, 0.2) is 0 Å². The maximum atomic E-state index is 12.6. The van der Waals surface area contributed by atoms with Gasteiger partial charge in [0.2, 0.25) is 0 Å². The third-order valence-electron chi connectivity index (χ3n) is 4.85. The SMILES string of the molecule is CCc1cccc(NC(=O)N2CCN(c3cc(C)nc(C(C)C)n3)CC2)c1. The van der Waals surface area contributed by atoms with E-state index in [0.29, 0.717) is 19.0 Å². The molecule has 6 heteroatoms. The van der Waals surface area contributed by atoms with E-state index >= 15 is 0 Å². The summed E-state index contributed by atoms with van der Waals surface area (Å²) in [5, 5.41) is 3.02. The highest BCUT2D eigenvalue weighted by Crippen LogP contribution is 2.19. The van der Waals surface area contributed by atoms with Gasteiger partial charge in [-0.3, -0.25) is 0 Å². The van der Waals surface area contributed by atoms with Crippen molar-refractivity contribution in [2.24, 2.45) is 0 Å². The van der Waals surface area contributed by atoms with E-state index in [4.69, 9.17) is 4.98 Å². The molecule has 0 saturated carbocycles. The van der Waals surface area contributed by atoms with Crippen LogP contribution in [0.4, 0.5) is 16.3 Å². The first-order chi connectivity index (χ1) is 13.0. The molecular weight excluding hydrogens is 338 g/mol. The molecule has 6 nitrogen and oxygen atoms in total. The number of hydrogen-bond donors (Lipinski definition) is 1. The Morgan fingerprint density at radius 2 is 1.89 bits per heavy atom. The molecular formula is C21H29N5O. The molecule has 0 radical (unpaired) electrons. The first-order valence-corrected chi connectivity index (χ1v) is 9.71. The summed E-state index contributed by atoms with van der Waals surface area (Å²) in [5.74, 6) is 2.14. The van der Waals surface area contributed by atoms with Crippen molar-refractivity contribution >= 4 is 17.5 Å². The second-order valence-electron chi connectivity index (χ2n) is 7.34. The number of aromatic nitrogens is 2. The van der Waals surface area contributed by atoms with Gasteiger partial charge < -0.3 is 15.1 Å². The number of piperazine rings is 1. The number of hydrogen-bond acceptors (Lipinski definition) is 4. The Labute approximate surface area is 161 Å². The number of nitrogens with zero attached hydrogens (tertiary/aromatic N) is 4. The topological polar surface area (TPSA) is 61.4 Å². The van der Waals surface area contributed by atoms with Crippen LogP contribution in [0.1, 0.15) is 43.8 Å². The third kappa shape index (κ3) is 4.76. The molecule has 144 valence electrons. The Hall–Kier alpha value is -2.63. The van der Waals surface area contributed by atoms with Gasteiger partial charge in [0.1, 0.15) is 11.6 Å². The molecule has 0 unspecified atom stereocenters. The van der Waals surface area contributed by atoms with Gasteiger partial charge in [-0.05, 0) is 31.0 Å². The van der Waals surface area contributed by atoms with Gasteiger partial charge in [-0.2, -0.15) is 0 Å². The number of carbonyl (C=O) groups is 1. The highest BCUT2D eigenvalue weighted by atomic mass is 16.2. The van der Waals surface area contributed by atoms with E-state index in [0.717, 1.165) is 42.5 Å². The highest BCUT2D eigenvalue weighted by molar-refractivity contribution is 5.89. The number of nitrogens with one attached hydrogen (secondary N) is 1. The van der Waals surface area contributed by atoms with Crippen LogP contribution in [0.3, 0.4) is 0 Å². The van der Waals surface area contributed by atoms with Crippen molar-refractivity contribution in [3.63, 3.8) is 0 Å². The minimum absolute atomic E-state index is 0.0374. The van der Waals surface area contributed by atoms with E-state index in [1.54, 1.807) is 0 Å². The lowest BCUT2D eigenvalue weighted by Crippen LogP contribution is -2.50. The van der Waals surface area contributed by atoms with E-state index in [-0.39, 0.29) is 6.03 Å². The molecule has 0 atom stereocenters. The van der Waals surface area contributed by atoms with Crippen LogP contribution in [0.2, 0.25) is 0 Å². The fraction of sp³-hybridized carbons (Fsp3) is 0.476. The number of anilines is 2. The lowest BCUT2D eigenvalue weighted by molar-refractivity contribution is 0.208. The number of carbonyl (C=O) groups excluding carboxylic acids is 1. The Balaban J connectivity index is 1.60. The molecule has 1 aromatic carbocycles. The minimum atomic E-state index is -0.0374. The zero-order chi connectivity index (χ0) is 19.4. The normalized spacial score (nSPS) is 14.6. The molecule has 2 aromatic rings. The molecule has 2 heterocycles. The lowest BCUT2D eigenvalue weighted by atomic mass is 10.1. The summed E-state index contributed by atoms with van der Waals surface area (Å²) in [7, 11) is 0. The molecule has 1 aliphatic rings. The molecule has 0 spiro atoms. The molecule has 27 heavy (non-hydrogen) atoms. The average Bonchev–Trinajstić information content (AvgIpc) is 2.67. The number of urea groups is 1. The van der Waals surface area contributed by atoms with Crippen LogP contribution in [0, 0.1) is 6.92 Å². The maximum Gasteiger partial charge on any atom is 0.321 e. The van der Waals surface area contributed by atoms with Gasteiger partial charge in [0.25, 0.3) is 0 Å². The Morgan fingerprint density at radius 1 is 1.15 bits per heavy atom. The average molecular weight is 367 g/mol. The van der Waals surface area contributed by atoms with Gasteiger partial charge in [0.05, 0.1) is 0 Å². The largest absolute Gasteiger partial charge is 0.353 e. The molecule has 1 fully saturated rings. The van der Waals surface area contributed by atoms with Crippen LogP contribution in [-0.4, -0.2) is 47.1 Å². The van der Waals surface area contributed by atoms with Crippen LogP contribution >= 0.6 is 0 Å². The molecule has 3 rings (SSSR count). The summed E-state index contributed by atoms with van der Waals surface area (Å²) in [4.78, 5) is 25.9. The summed E-state index contributed by atoms with van der Waals surface area (Å²) >= 11 is 0. The fourth-order valence-corrected chi connectivity index (χ4v) is 3.20. The van der Waals surface area contributed by atoms with Crippen LogP contribution in [0.25, 0.3) is 0 Å². The van der Waals surface area contributed by atoms with E-state index in [1.807, 2.05) is 36.1 Å². The van der Waals surface area contributed by atoms with Crippen LogP contribution in [0.5, 0.6) is 0 Å². The maximum absolute atomic E-state index is 12.6. The number of amides is 2. The standard InChI is InChI=1S/C21H29N5O/c1-5-17-7-6-8-18(14-17)23-21(27)26-11-9-25(10-12-26)19-13-16(4)22-20(24-19)15(2)3/h6-8,13-15H,5,9-12H2,1-4H3,(H,23,27). The number of benzene rings is 1. The van der Waals surface area contributed by atoms with Gasteiger partial charge in [0, 0.05) is 49.5 Å². The van der Waals surface area contributed by atoms with Gasteiger partial charge in [-0.25, -0.2) is 14.8 Å². The summed E-state index contributed by atoms with van der Waals surface area (Å²) < 4.78 is 0. The Bertz CT molecular complexity index is 797. The second kappa shape index (κ2) is 8.37. The zero-order valence-electron chi connectivity index (χ0n) is 16.7. The lowest BCUT2D eigenvalue weighted by Gasteiger charge is -2.35. The summed E-state index contributed by atoms with van der Waals surface area (Å²) in [6.07, 6.45) is 0.957. The molecule has 1 aliphatic heterocycles. The summed E-state index contributed by atoms with van der Waals surface area (Å²) in [6, 6.07) is 10.0. The molecule has 0 bridgehead atoms. The van der Waals surface area contributed by atoms with E-state index in [2.05, 4.69) is 42.0 Å². The molecule has 0 aliphatic carbocycles.